The van der Waals surface area contributed by atoms with Crippen LogP contribution in [0.4, 0.5) is 0 Å². The van der Waals surface area contributed by atoms with Crippen LogP contribution in [0.3, 0.4) is 0 Å². The Labute approximate surface area is 158 Å². The van der Waals surface area contributed by atoms with Crippen LogP contribution in [-0.2, 0) is 4.79 Å². The SMILES string of the molecule is CCCCCCC(O)/C=C/[C@@H]1[C@H]2C/C(=C/CCCC(=O)O)C[C@H]2C[C@H]1O. The Bertz CT molecular complexity index is 496. The summed E-state index contributed by atoms with van der Waals surface area (Å²) in [5, 5.41) is 29.3. The molecule has 148 valence electrons. The molecule has 26 heavy (non-hydrogen) atoms. The number of allylic oxidation sites excluding steroid dienone is 2. The molecule has 0 aliphatic heterocycles. The van der Waals surface area contributed by atoms with Crippen molar-refractivity contribution in [3.63, 3.8) is 0 Å². The van der Waals surface area contributed by atoms with Crippen LogP contribution in [0, 0.1) is 17.8 Å². The first-order valence-corrected chi connectivity index (χ1v) is 10.5. The summed E-state index contributed by atoms with van der Waals surface area (Å²) < 4.78 is 0. The van der Waals surface area contributed by atoms with Gasteiger partial charge >= 0.3 is 5.97 Å². The molecule has 0 heterocycles. The van der Waals surface area contributed by atoms with Gasteiger partial charge < -0.3 is 15.3 Å². The molecule has 2 fully saturated rings. The van der Waals surface area contributed by atoms with E-state index in [1.807, 2.05) is 6.08 Å². The van der Waals surface area contributed by atoms with Crippen molar-refractivity contribution in [1.29, 1.82) is 0 Å². The van der Waals surface area contributed by atoms with Crippen LogP contribution in [0.1, 0.15) is 77.6 Å². The quantitative estimate of drug-likeness (QED) is 0.373. The molecule has 0 saturated heterocycles. The Hall–Kier alpha value is -1.13. The molecule has 4 heteroatoms. The minimum atomic E-state index is -0.728. The zero-order valence-corrected chi connectivity index (χ0v) is 16.1. The van der Waals surface area contributed by atoms with Crippen molar-refractivity contribution in [2.24, 2.45) is 17.8 Å². The number of carbonyl (C=O) groups is 1. The van der Waals surface area contributed by atoms with Gasteiger partial charge in [0.15, 0.2) is 0 Å². The van der Waals surface area contributed by atoms with E-state index in [2.05, 4.69) is 19.1 Å². The maximum atomic E-state index is 10.6. The third kappa shape index (κ3) is 6.55. The molecule has 0 radical (unpaired) electrons. The van der Waals surface area contributed by atoms with Gasteiger partial charge in [0.25, 0.3) is 0 Å². The van der Waals surface area contributed by atoms with Crippen LogP contribution in [0.25, 0.3) is 0 Å². The predicted octanol–water partition coefficient (Wildman–Crippen LogP) is 4.46. The van der Waals surface area contributed by atoms with Crippen LogP contribution >= 0.6 is 0 Å². The highest BCUT2D eigenvalue weighted by molar-refractivity contribution is 5.66. The van der Waals surface area contributed by atoms with E-state index in [9.17, 15) is 15.0 Å². The van der Waals surface area contributed by atoms with E-state index in [0.29, 0.717) is 18.3 Å². The Balaban J connectivity index is 1.79. The van der Waals surface area contributed by atoms with Crippen LogP contribution in [-0.4, -0.2) is 33.5 Å². The molecule has 0 bridgehead atoms. The van der Waals surface area contributed by atoms with Gasteiger partial charge in [-0.05, 0) is 50.4 Å². The lowest BCUT2D eigenvalue weighted by Crippen LogP contribution is -2.17. The van der Waals surface area contributed by atoms with E-state index in [4.69, 9.17) is 5.11 Å². The van der Waals surface area contributed by atoms with Crippen LogP contribution in [0.5, 0.6) is 0 Å². The summed E-state index contributed by atoms with van der Waals surface area (Å²) in [6, 6.07) is 0. The topological polar surface area (TPSA) is 77.8 Å². The second-order valence-electron chi connectivity index (χ2n) is 8.16. The summed E-state index contributed by atoms with van der Waals surface area (Å²) in [5.41, 5.74) is 1.43. The zero-order chi connectivity index (χ0) is 18.9. The fourth-order valence-electron chi connectivity index (χ4n) is 4.63. The van der Waals surface area contributed by atoms with Crippen molar-refractivity contribution in [3.05, 3.63) is 23.8 Å². The van der Waals surface area contributed by atoms with E-state index < -0.39 is 12.1 Å². The molecule has 0 aromatic rings. The van der Waals surface area contributed by atoms with Gasteiger partial charge in [-0.1, -0.05) is 56.4 Å². The molecule has 0 spiro atoms. The summed E-state index contributed by atoms with van der Waals surface area (Å²) in [6.07, 6.45) is 15.6. The largest absolute Gasteiger partial charge is 0.481 e. The number of rotatable bonds is 11. The smallest absolute Gasteiger partial charge is 0.303 e. The van der Waals surface area contributed by atoms with Crippen molar-refractivity contribution in [1.82, 2.24) is 0 Å². The number of aliphatic carboxylic acids is 1. The third-order valence-electron chi connectivity index (χ3n) is 6.05. The number of hydrogen-bond donors (Lipinski definition) is 3. The molecule has 3 N–H and O–H groups in total. The van der Waals surface area contributed by atoms with Gasteiger partial charge in [0.1, 0.15) is 0 Å². The Kier molecular flexibility index (Phi) is 8.86. The lowest BCUT2D eigenvalue weighted by Gasteiger charge is -2.17. The van der Waals surface area contributed by atoms with Crippen molar-refractivity contribution in [3.8, 4) is 0 Å². The standard InChI is InChI=1S/C22H36O4/c1-2-3-4-5-9-18(23)11-12-19-20-14-16(8-6-7-10-22(25)26)13-17(20)15-21(19)24/h8,11-12,17-21,23-24H,2-7,9-10,13-15H2,1H3,(H,25,26)/b12-11+,16-8+/t17-,18?,19+,20-,21+/m0/s1. The first-order valence-electron chi connectivity index (χ1n) is 10.5. The number of aliphatic hydroxyl groups excluding tert-OH is 2. The first kappa shape index (κ1) is 21.2. The van der Waals surface area contributed by atoms with Crippen molar-refractivity contribution >= 4 is 5.97 Å². The molecule has 1 unspecified atom stereocenters. The monoisotopic (exact) mass is 364 g/mol. The molecule has 4 nitrogen and oxygen atoms in total. The second kappa shape index (κ2) is 10.9. The highest BCUT2D eigenvalue weighted by Gasteiger charge is 2.44. The summed E-state index contributed by atoms with van der Waals surface area (Å²) in [6.45, 7) is 2.19. The van der Waals surface area contributed by atoms with Crippen LogP contribution in [0.2, 0.25) is 0 Å². The van der Waals surface area contributed by atoms with Gasteiger partial charge in [0, 0.05) is 12.3 Å². The Morgan fingerprint density at radius 1 is 1.23 bits per heavy atom. The van der Waals surface area contributed by atoms with Crippen molar-refractivity contribution in [2.45, 2.75) is 89.8 Å². The van der Waals surface area contributed by atoms with Gasteiger partial charge in [0.2, 0.25) is 0 Å². The number of hydrogen-bond acceptors (Lipinski definition) is 3. The lowest BCUT2D eigenvalue weighted by molar-refractivity contribution is -0.137. The number of aliphatic hydroxyl groups is 2. The molecule has 0 amide bonds. The van der Waals surface area contributed by atoms with Crippen LogP contribution in [0.15, 0.2) is 23.8 Å². The normalized spacial score (nSPS) is 31.0. The van der Waals surface area contributed by atoms with Gasteiger partial charge in [-0.2, -0.15) is 0 Å². The molecule has 2 rings (SSSR count). The average molecular weight is 365 g/mol. The minimum absolute atomic E-state index is 0.148. The van der Waals surface area contributed by atoms with Gasteiger partial charge in [0.05, 0.1) is 12.2 Å². The third-order valence-corrected chi connectivity index (χ3v) is 6.05. The zero-order valence-electron chi connectivity index (χ0n) is 16.1. The summed E-state index contributed by atoms with van der Waals surface area (Å²) in [5.74, 6) is 0.426. The summed E-state index contributed by atoms with van der Waals surface area (Å²) >= 11 is 0. The predicted molar refractivity (Wildman–Crippen MR) is 104 cm³/mol. The Morgan fingerprint density at radius 3 is 2.77 bits per heavy atom. The molecule has 0 aromatic heterocycles. The molecule has 2 saturated carbocycles. The number of carboxylic acids is 1. The fourth-order valence-corrected chi connectivity index (χ4v) is 4.63. The number of unbranched alkanes of at least 4 members (excludes halogenated alkanes) is 4. The first-order chi connectivity index (χ1) is 12.5. The van der Waals surface area contributed by atoms with Gasteiger partial charge in [-0.3, -0.25) is 4.79 Å². The highest BCUT2D eigenvalue weighted by Crippen LogP contribution is 2.50. The Morgan fingerprint density at radius 2 is 2.04 bits per heavy atom. The van der Waals surface area contributed by atoms with E-state index in [0.717, 1.165) is 38.5 Å². The van der Waals surface area contributed by atoms with Gasteiger partial charge in [-0.15, -0.1) is 0 Å². The molecular formula is C22H36O4. The van der Waals surface area contributed by atoms with E-state index in [1.54, 1.807) is 0 Å². The van der Waals surface area contributed by atoms with E-state index in [1.165, 1.54) is 24.8 Å². The minimum Gasteiger partial charge on any atom is -0.481 e. The highest BCUT2D eigenvalue weighted by atomic mass is 16.4. The fraction of sp³-hybridized carbons (Fsp3) is 0.773. The molecular weight excluding hydrogens is 328 g/mol. The van der Waals surface area contributed by atoms with Crippen molar-refractivity contribution in [2.75, 3.05) is 0 Å². The maximum Gasteiger partial charge on any atom is 0.303 e. The second-order valence-corrected chi connectivity index (χ2v) is 8.16. The molecule has 0 aromatic carbocycles. The van der Waals surface area contributed by atoms with E-state index >= 15 is 0 Å². The lowest BCUT2D eigenvalue weighted by atomic mass is 9.90. The molecule has 2 aliphatic rings. The number of fused-ring (bicyclic) bond motifs is 1. The maximum absolute atomic E-state index is 10.6. The van der Waals surface area contributed by atoms with Crippen molar-refractivity contribution < 1.29 is 20.1 Å². The molecule has 2 aliphatic carbocycles. The van der Waals surface area contributed by atoms with Gasteiger partial charge in [-0.25, -0.2) is 0 Å². The number of carboxylic acid groups (broad SMARTS) is 1. The molecule has 5 atom stereocenters. The summed E-state index contributed by atoms with van der Waals surface area (Å²) in [4.78, 5) is 10.6. The van der Waals surface area contributed by atoms with E-state index in [-0.39, 0.29) is 18.4 Å². The average Bonchev–Trinajstić information content (AvgIpc) is 3.10. The van der Waals surface area contributed by atoms with Crippen LogP contribution < -0.4 is 0 Å². The summed E-state index contributed by atoms with van der Waals surface area (Å²) in [7, 11) is 0.